The predicted molar refractivity (Wildman–Crippen MR) is 105 cm³/mol. The van der Waals surface area contributed by atoms with E-state index in [0.29, 0.717) is 10.5 Å². The third kappa shape index (κ3) is 3.63. The summed E-state index contributed by atoms with van der Waals surface area (Å²) in [6.07, 6.45) is 7.17. The van der Waals surface area contributed by atoms with Gasteiger partial charge >= 0.3 is 0 Å². The lowest BCUT2D eigenvalue weighted by Gasteiger charge is -2.08. The fourth-order valence-corrected chi connectivity index (χ4v) is 3.83. The van der Waals surface area contributed by atoms with Crippen LogP contribution in [0.1, 0.15) is 46.8 Å². The van der Waals surface area contributed by atoms with Crippen molar-refractivity contribution >= 4 is 33.5 Å². The molecule has 3 rings (SSSR count). The number of benzene rings is 2. The number of hydrogen-bond donors (Lipinski definition) is 1. The van der Waals surface area contributed by atoms with E-state index in [1.165, 1.54) is 6.26 Å². The average Bonchev–Trinajstić information content (AvgIpc) is 2.91. The minimum atomic E-state index is -3.25. The topological polar surface area (TPSA) is 77.2 Å². The Hall–Kier alpha value is -2.66. The van der Waals surface area contributed by atoms with Crippen LogP contribution in [0.3, 0.4) is 0 Å². The number of carbonyl (C=O) groups excluding carboxylic acids is 1. The first-order chi connectivity index (χ1) is 12.3. The van der Waals surface area contributed by atoms with Gasteiger partial charge in [-0.15, -0.1) is 0 Å². The van der Waals surface area contributed by atoms with Crippen LogP contribution in [-0.4, -0.2) is 20.6 Å². The molecule has 0 aromatic heterocycles. The molecule has 1 aliphatic carbocycles. The Morgan fingerprint density at radius 1 is 1.15 bits per heavy atom. The molecule has 0 fully saturated rings. The summed E-state index contributed by atoms with van der Waals surface area (Å²) >= 11 is 0. The Labute approximate surface area is 154 Å². The molecule has 0 unspecified atom stereocenters. The highest BCUT2D eigenvalue weighted by atomic mass is 32.2. The number of sulfone groups is 1. The Morgan fingerprint density at radius 3 is 2.58 bits per heavy atom. The van der Waals surface area contributed by atoms with Crippen LogP contribution in [0.2, 0.25) is 0 Å². The van der Waals surface area contributed by atoms with Gasteiger partial charge < -0.3 is 5.73 Å². The van der Waals surface area contributed by atoms with E-state index >= 15 is 0 Å². The van der Waals surface area contributed by atoms with Crippen molar-refractivity contribution in [3.8, 4) is 0 Å². The van der Waals surface area contributed by atoms with Crippen LogP contribution in [0.5, 0.6) is 0 Å². The van der Waals surface area contributed by atoms with Crippen molar-refractivity contribution in [2.45, 2.75) is 24.7 Å². The van der Waals surface area contributed by atoms with Crippen LogP contribution in [0.25, 0.3) is 17.7 Å². The first kappa shape index (κ1) is 18.1. The minimum absolute atomic E-state index is 0.320. The summed E-state index contributed by atoms with van der Waals surface area (Å²) in [5.74, 6) is -0.459. The number of primary amides is 1. The van der Waals surface area contributed by atoms with Crippen LogP contribution in [0, 0.1) is 0 Å². The van der Waals surface area contributed by atoms with Gasteiger partial charge in [0.25, 0.3) is 0 Å². The number of rotatable bonds is 5. The molecule has 0 saturated heterocycles. The van der Waals surface area contributed by atoms with Crippen LogP contribution in [-0.2, 0) is 9.84 Å². The molecule has 2 aromatic carbocycles. The van der Waals surface area contributed by atoms with Crippen LogP contribution >= 0.6 is 0 Å². The van der Waals surface area contributed by atoms with Gasteiger partial charge in [0.15, 0.2) is 9.84 Å². The van der Waals surface area contributed by atoms with Crippen molar-refractivity contribution in [3.63, 3.8) is 0 Å². The molecule has 0 spiro atoms. The van der Waals surface area contributed by atoms with Gasteiger partial charge in [0.05, 0.1) is 4.90 Å². The van der Waals surface area contributed by atoms with Crippen molar-refractivity contribution in [2.75, 3.05) is 6.26 Å². The number of allylic oxidation sites excluding steroid dienone is 2. The summed E-state index contributed by atoms with van der Waals surface area (Å²) < 4.78 is 23.7. The average molecular weight is 367 g/mol. The van der Waals surface area contributed by atoms with E-state index in [-0.39, 0.29) is 0 Å². The minimum Gasteiger partial charge on any atom is -0.366 e. The molecule has 4 nitrogen and oxygen atoms in total. The second kappa shape index (κ2) is 6.92. The fourth-order valence-electron chi connectivity index (χ4n) is 3.17. The highest BCUT2D eigenvalue weighted by Crippen LogP contribution is 2.40. The van der Waals surface area contributed by atoms with Gasteiger partial charge in [-0.25, -0.2) is 8.42 Å². The third-order valence-electron chi connectivity index (χ3n) is 4.42. The molecule has 0 heterocycles. The second-order valence-electron chi connectivity index (χ2n) is 6.49. The third-order valence-corrected chi connectivity index (χ3v) is 5.53. The smallest absolute Gasteiger partial charge is 0.248 e. The van der Waals surface area contributed by atoms with E-state index in [1.807, 2.05) is 18.2 Å². The van der Waals surface area contributed by atoms with Crippen LogP contribution < -0.4 is 5.73 Å². The van der Waals surface area contributed by atoms with Crippen molar-refractivity contribution in [1.82, 2.24) is 0 Å². The maximum Gasteiger partial charge on any atom is 0.248 e. The molecule has 2 N–H and O–H groups in total. The van der Waals surface area contributed by atoms with Gasteiger partial charge in [-0.3, -0.25) is 4.79 Å². The molecule has 26 heavy (non-hydrogen) atoms. The van der Waals surface area contributed by atoms with E-state index < -0.39 is 15.7 Å². The van der Waals surface area contributed by atoms with E-state index in [4.69, 9.17) is 5.73 Å². The maximum atomic E-state index is 11.8. The number of hydrogen-bond acceptors (Lipinski definition) is 3. The molecule has 1 aliphatic rings. The SMILES string of the molecule is CCCC1=Cc2cc(S(C)(=O)=O)ccc2/C1=C\c1cccc(C(N)=O)c1. The van der Waals surface area contributed by atoms with Gasteiger partial charge in [0.2, 0.25) is 5.91 Å². The first-order valence-electron chi connectivity index (χ1n) is 8.46. The van der Waals surface area contributed by atoms with Gasteiger partial charge in [-0.2, -0.15) is 0 Å². The Morgan fingerprint density at radius 2 is 1.92 bits per heavy atom. The molecule has 134 valence electrons. The largest absolute Gasteiger partial charge is 0.366 e. The lowest BCUT2D eigenvalue weighted by atomic mass is 9.97. The Kier molecular flexibility index (Phi) is 4.83. The van der Waals surface area contributed by atoms with Crippen LogP contribution in [0.15, 0.2) is 52.9 Å². The summed E-state index contributed by atoms with van der Waals surface area (Å²) in [5, 5.41) is 0. The summed E-state index contributed by atoms with van der Waals surface area (Å²) in [6, 6.07) is 12.4. The second-order valence-corrected chi connectivity index (χ2v) is 8.50. The summed E-state index contributed by atoms with van der Waals surface area (Å²) in [7, 11) is -3.25. The van der Waals surface area contributed by atoms with Crippen LogP contribution in [0.4, 0.5) is 0 Å². The summed E-state index contributed by atoms with van der Waals surface area (Å²) in [4.78, 5) is 11.7. The zero-order chi connectivity index (χ0) is 18.9. The number of amides is 1. The lowest BCUT2D eigenvalue weighted by molar-refractivity contribution is 0.1000. The Bertz CT molecular complexity index is 1050. The highest BCUT2D eigenvalue weighted by molar-refractivity contribution is 7.90. The van der Waals surface area contributed by atoms with Gasteiger partial charge in [-0.05, 0) is 64.6 Å². The van der Waals surface area contributed by atoms with E-state index in [0.717, 1.165) is 40.7 Å². The molecular weight excluding hydrogens is 346 g/mol. The van der Waals surface area contributed by atoms with E-state index in [1.54, 1.807) is 30.3 Å². The highest BCUT2D eigenvalue weighted by Gasteiger charge is 2.20. The molecular formula is C21H21NO3S. The van der Waals surface area contributed by atoms with E-state index in [9.17, 15) is 13.2 Å². The monoisotopic (exact) mass is 367 g/mol. The lowest BCUT2D eigenvalue weighted by Crippen LogP contribution is -2.10. The molecule has 2 aromatic rings. The number of nitrogens with two attached hydrogens (primary N) is 1. The zero-order valence-electron chi connectivity index (χ0n) is 14.8. The fraction of sp³-hybridized carbons (Fsp3) is 0.190. The van der Waals surface area contributed by atoms with Crippen molar-refractivity contribution in [2.24, 2.45) is 5.73 Å². The van der Waals surface area contributed by atoms with Crippen molar-refractivity contribution in [1.29, 1.82) is 0 Å². The molecule has 1 amide bonds. The zero-order valence-corrected chi connectivity index (χ0v) is 15.6. The van der Waals surface area contributed by atoms with Gasteiger partial charge in [-0.1, -0.05) is 37.6 Å². The first-order valence-corrected chi connectivity index (χ1v) is 10.4. The Balaban J connectivity index is 2.11. The molecule has 0 bridgehead atoms. The summed E-state index contributed by atoms with van der Waals surface area (Å²) in [6.45, 7) is 2.11. The maximum absolute atomic E-state index is 11.8. The molecule has 0 aliphatic heterocycles. The van der Waals surface area contributed by atoms with Crippen molar-refractivity contribution < 1.29 is 13.2 Å². The molecule has 0 radical (unpaired) electrons. The number of fused-ring (bicyclic) bond motifs is 1. The van der Waals surface area contributed by atoms with E-state index in [2.05, 4.69) is 13.0 Å². The number of carbonyl (C=O) groups is 1. The standard InChI is InChI=1S/C21H21NO3S/c1-3-5-15-12-17-13-18(26(2,24)25)8-9-19(17)20(15)11-14-6-4-7-16(10-14)21(22)23/h4,6-13H,3,5H2,1-2H3,(H2,22,23)/b20-11-. The quantitative estimate of drug-likeness (QED) is 0.870. The van der Waals surface area contributed by atoms with Gasteiger partial charge in [0, 0.05) is 11.8 Å². The van der Waals surface area contributed by atoms with Crippen molar-refractivity contribution in [3.05, 3.63) is 70.3 Å². The molecule has 0 saturated carbocycles. The predicted octanol–water partition coefficient (Wildman–Crippen LogP) is 3.93. The van der Waals surface area contributed by atoms with Gasteiger partial charge in [0.1, 0.15) is 0 Å². The molecule has 0 atom stereocenters. The molecule has 5 heteroatoms. The normalized spacial score (nSPS) is 15.0. The summed E-state index contributed by atoms with van der Waals surface area (Å²) in [5.41, 5.74) is 10.9.